The van der Waals surface area contributed by atoms with Gasteiger partial charge < -0.3 is 4.74 Å². The monoisotopic (exact) mass is 194 g/mol. The first-order valence-corrected chi connectivity index (χ1v) is 3.89. The summed E-state index contributed by atoms with van der Waals surface area (Å²) in [6.07, 6.45) is 1.16. The Morgan fingerprint density at radius 3 is 2.79 bits per heavy atom. The van der Waals surface area contributed by atoms with Gasteiger partial charge in [-0.05, 0) is 6.08 Å². The standard InChI is InChI=1S/C9H10N2O3/c1-4-8(12)7-5-6(9(13)14-3)10-11(7)2/h4-5H,1H2,2-3H3. The van der Waals surface area contributed by atoms with E-state index in [1.165, 1.54) is 17.9 Å². The Hall–Kier alpha value is -1.91. The molecule has 5 heteroatoms. The van der Waals surface area contributed by atoms with Gasteiger partial charge in [0.25, 0.3) is 0 Å². The number of carbonyl (C=O) groups is 2. The highest BCUT2D eigenvalue weighted by atomic mass is 16.5. The lowest BCUT2D eigenvalue weighted by Crippen LogP contribution is -2.04. The van der Waals surface area contributed by atoms with Gasteiger partial charge in [-0.2, -0.15) is 5.10 Å². The van der Waals surface area contributed by atoms with Crippen LogP contribution in [-0.4, -0.2) is 28.6 Å². The third kappa shape index (κ3) is 1.71. The molecule has 0 N–H and O–H groups in total. The lowest BCUT2D eigenvalue weighted by atomic mass is 10.2. The van der Waals surface area contributed by atoms with E-state index in [4.69, 9.17) is 0 Å². The van der Waals surface area contributed by atoms with Crippen molar-refractivity contribution in [3.8, 4) is 0 Å². The number of aryl methyl sites for hydroxylation is 1. The number of esters is 1. The van der Waals surface area contributed by atoms with Crippen LogP contribution in [0.25, 0.3) is 0 Å². The summed E-state index contributed by atoms with van der Waals surface area (Å²) < 4.78 is 5.78. The fourth-order valence-corrected chi connectivity index (χ4v) is 1.01. The lowest BCUT2D eigenvalue weighted by molar-refractivity contribution is 0.0593. The molecule has 5 nitrogen and oxygen atoms in total. The van der Waals surface area contributed by atoms with Crippen molar-refractivity contribution >= 4 is 11.8 Å². The summed E-state index contributed by atoms with van der Waals surface area (Å²) in [7, 11) is 2.83. The Labute approximate surface area is 81.0 Å². The minimum Gasteiger partial charge on any atom is -0.464 e. The van der Waals surface area contributed by atoms with Gasteiger partial charge >= 0.3 is 5.97 Å². The van der Waals surface area contributed by atoms with Gasteiger partial charge in [0.2, 0.25) is 5.78 Å². The average Bonchev–Trinajstić information content (AvgIpc) is 2.58. The van der Waals surface area contributed by atoms with Crippen molar-refractivity contribution in [2.75, 3.05) is 7.11 Å². The Kier molecular flexibility index (Phi) is 2.81. The molecule has 0 amide bonds. The molecule has 1 aromatic heterocycles. The van der Waals surface area contributed by atoms with E-state index in [1.807, 2.05) is 0 Å². The first-order chi connectivity index (χ1) is 6.60. The van der Waals surface area contributed by atoms with Crippen molar-refractivity contribution in [2.24, 2.45) is 7.05 Å². The third-order valence-electron chi connectivity index (χ3n) is 1.71. The molecular formula is C9H10N2O3. The summed E-state index contributed by atoms with van der Waals surface area (Å²) >= 11 is 0. The number of hydrogen-bond donors (Lipinski definition) is 0. The smallest absolute Gasteiger partial charge is 0.358 e. The highest BCUT2D eigenvalue weighted by molar-refractivity contribution is 6.04. The number of carbonyl (C=O) groups excluding carboxylic acids is 2. The molecule has 74 valence electrons. The van der Waals surface area contributed by atoms with Gasteiger partial charge in [0.1, 0.15) is 5.69 Å². The van der Waals surface area contributed by atoms with Gasteiger partial charge in [-0.25, -0.2) is 4.79 Å². The summed E-state index contributed by atoms with van der Waals surface area (Å²) in [5.74, 6) is -0.848. The minimum absolute atomic E-state index is 0.111. The number of ketones is 1. The van der Waals surface area contributed by atoms with Crippen molar-refractivity contribution in [3.05, 3.63) is 30.1 Å². The zero-order chi connectivity index (χ0) is 10.7. The Morgan fingerprint density at radius 1 is 1.64 bits per heavy atom. The second kappa shape index (κ2) is 3.87. The van der Waals surface area contributed by atoms with E-state index in [0.29, 0.717) is 5.69 Å². The molecule has 0 saturated heterocycles. The van der Waals surface area contributed by atoms with Crippen LogP contribution in [0.1, 0.15) is 21.0 Å². The molecule has 0 aliphatic heterocycles. The van der Waals surface area contributed by atoms with Crippen molar-refractivity contribution < 1.29 is 14.3 Å². The summed E-state index contributed by atoms with van der Waals surface area (Å²) in [6.45, 7) is 3.35. The van der Waals surface area contributed by atoms with Crippen LogP contribution >= 0.6 is 0 Å². The number of ether oxygens (including phenoxy) is 1. The van der Waals surface area contributed by atoms with Crippen LogP contribution in [0.3, 0.4) is 0 Å². The van der Waals surface area contributed by atoms with Gasteiger partial charge in [-0.1, -0.05) is 6.58 Å². The maximum Gasteiger partial charge on any atom is 0.358 e. The minimum atomic E-state index is -0.566. The third-order valence-corrected chi connectivity index (χ3v) is 1.71. The number of methoxy groups -OCH3 is 1. The van der Waals surface area contributed by atoms with E-state index >= 15 is 0 Å². The molecule has 0 aromatic carbocycles. The van der Waals surface area contributed by atoms with Gasteiger partial charge in [0, 0.05) is 13.1 Å². The molecular weight excluding hydrogens is 184 g/mol. The topological polar surface area (TPSA) is 61.2 Å². The molecule has 0 aliphatic rings. The van der Waals surface area contributed by atoms with E-state index in [1.54, 1.807) is 7.05 Å². The number of rotatable bonds is 3. The predicted octanol–water partition coefficient (Wildman–Crippen LogP) is 0.575. The molecule has 14 heavy (non-hydrogen) atoms. The SMILES string of the molecule is C=CC(=O)c1cc(C(=O)OC)nn1C. The summed E-state index contributed by atoms with van der Waals surface area (Å²) in [5.41, 5.74) is 0.417. The molecule has 0 bridgehead atoms. The molecule has 0 fully saturated rings. The lowest BCUT2D eigenvalue weighted by Gasteiger charge is -1.93. The number of nitrogens with zero attached hydrogens (tertiary/aromatic N) is 2. The Bertz CT molecular complexity index is 393. The van der Waals surface area contributed by atoms with Crippen LogP contribution < -0.4 is 0 Å². The molecule has 0 atom stereocenters. The van der Waals surface area contributed by atoms with Crippen LogP contribution in [0.15, 0.2) is 18.7 Å². The van der Waals surface area contributed by atoms with Gasteiger partial charge in [0.05, 0.1) is 7.11 Å². The average molecular weight is 194 g/mol. The molecule has 1 heterocycles. The van der Waals surface area contributed by atoms with E-state index in [-0.39, 0.29) is 11.5 Å². The highest BCUT2D eigenvalue weighted by Gasteiger charge is 2.15. The van der Waals surface area contributed by atoms with E-state index in [2.05, 4.69) is 16.4 Å². The number of hydrogen-bond acceptors (Lipinski definition) is 4. The fourth-order valence-electron chi connectivity index (χ4n) is 1.01. The van der Waals surface area contributed by atoms with Gasteiger partial charge in [0.15, 0.2) is 5.69 Å². The first-order valence-electron chi connectivity index (χ1n) is 3.89. The maximum atomic E-state index is 11.2. The van der Waals surface area contributed by atoms with E-state index < -0.39 is 5.97 Å². The second-order valence-electron chi connectivity index (χ2n) is 2.60. The van der Waals surface area contributed by atoms with Crippen LogP contribution in [0.2, 0.25) is 0 Å². The quantitative estimate of drug-likeness (QED) is 0.401. The largest absolute Gasteiger partial charge is 0.464 e. The van der Waals surface area contributed by atoms with E-state index in [9.17, 15) is 9.59 Å². The summed E-state index contributed by atoms with van der Waals surface area (Å²) in [4.78, 5) is 22.3. The molecule has 1 rings (SSSR count). The van der Waals surface area contributed by atoms with Crippen LogP contribution in [0, 0.1) is 0 Å². The van der Waals surface area contributed by atoms with Crippen LogP contribution in [0.5, 0.6) is 0 Å². The van der Waals surface area contributed by atoms with Gasteiger partial charge in [-0.3, -0.25) is 9.48 Å². The molecule has 0 saturated carbocycles. The zero-order valence-corrected chi connectivity index (χ0v) is 7.98. The van der Waals surface area contributed by atoms with E-state index in [0.717, 1.165) is 6.08 Å². The predicted molar refractivity (Wildman–Crippen MR) is 49.1 cm³/mol. The second-order valence-corrected chi connectivity index (χ2v) is 2.60. The van der Waals surface area contributed by atoms with Gasteiger partial charge in [-0.15, -0.1) is 0 Å². The molecule has 0 unspecified atom stereocenters. The van der Waals surface area contributed by atoms with Crippen molar-refractivity contribution in [3.63, 3.8) is 0 Å². The molecule has 1 aromatic rings. The number of allylic oxidation sites excluding steroid dienone is 1. The zero-order valence-electron chi connectivity index (χ0n) is 7.98. The fraction of sp³-hybridized carbons (Fsp3) is 0.222. The Morgan fingerprint density at radius 2 is 2.29 bits per heavy atom. The van der Waals surface area contributed by atoms with Crippen LogP contribution in [0.4, 0.5) is 0 Å². The van der Waals surface area contributed by atoms with Crippen LogP contribution in [-0.2, 0) is 11.8 Å². The molecule has 0 spiro atoms. The summed E-state index contributed by atoms with van der Waals surface area (Å²) in [5, 5.41) is 3.82. The van der Waals surface area contributed by atoms with Crippen molar-refractivity contribution in [1.82, 2.24) is 9.78 Å². The maximum absolute atomic E-state index is 11.2. The summed E-state index contributed by atoms with van der Waals surface area (Å²) in [6, 6.07) is 1.37. The normalized spacial score (nSPS) is 9.57. The number of aromatic nitrogens is 2. The van der Waals surface area contributed by atoms with Crippen molar-refractivity contribution in [2.45, 2.75) is 0 Å². The van der Waals surface area contributed by atoms with Crippen molar-refractivity contribution in [1.29, 1.82) is 0 Å². The molecule has 0 radical (unpaired) electrons. The first kappa shape index (κ1) is 10.2. The Balaban J connectivity index is 3.10. The molecule has 0 aliphatic carbocycles. The highest BCUT2D eigenvalue weighted by Crippen LogP contribution is 2.05.